The molecule has 1 aliphatic rings. The number of likely N-dealkylation sites (N-methyl/N-ethyl adjacent to an activating group) is 1. The van der Waals surface area contributed by atoms with Gasteiger partial charge in [-0.25, -0.2) is 9.97 Å². The van der Waals surface area contributed by atoms with Crippen molar-refractivity contribution in [3.8, 4) is 5.88 Å². The second kappa shape index (κ2) is 5.65. The lowest BCUT2D eigenvalue weighted by Crippen LogP contribution is -2.26. The molecule has 1 saturated carbocycles. The van der Waals surface area contributed by atoms with Crippen molar-refractivity contribution in [3.63, 3.8) is 0 Å². The van der Waals surface area contributed by atoms with Crippen molar-refractivity contribution in [1.82, 2.24) is 14.9 Å². The molecule has 0 amide bonds. The first-order chi connectivity index (χ1) is 8.22. The first kappa shape index (κ1) is 12.6. The van der Waals surface area contributed by atoms with Crippen LogP contribution in [-0.4, -0.2) is 41.1 Å². The molecule has 0 N–H and O–H groups in total. The number of aromatic nitrogens is 2. The van der Waals surface area contributed by atoms with Crippen LogP contribution in [0.1, 0.15) is 25.3 Å². The number of rotatable bonds is 6. The molecule has 1 fully saturated rings. The van der Waals surface area contributed by atoms with E-state index in [0.717, 1.165) is 24.6 Å². The molecule has 1 aromatic heterocycles. The van der Waals surface area contributed by atoms with E-state index in [-0.39, 0.29) is 0 Å². The topological polar surface area (TPSA) is 38.3 Å². The van der Waals surface area contributed by atoms with Gasteiger partial charge in [-0.2, -0.15) is 0 Å². The van der Waals surface area contributed by atoms with Crippen molar-refractivity contribution in [2.45, 2.75) is 32.2 Å². The minimum atomic E-state index is 0.494. The van der Waals surface area contributed by atoms with Crippen LogP contribution in [0.2, 0.25) is 5.15 Å². The molecular formula is C12H18ClN3O. The lowest BCUT2D eigenvalue weighted by atomic mass is 10.2. The Kier molecular flexibility index (Phi) is 4.18. The smallest absolute Gasteiger partial charge is 0.221 e. The van der Waals surface area contributed by atoms with Gasteiger partial charge in [-0.1, -0.05) is 18.5 Å². The summed E-state index contributed by atoms with van der Waals surface area (Å²) in [5, 5.41) is 0.494. The van der Waals surface area contributed by atoms with Crippen LogP contribution in [0.3, 0.4) is 0 Å². The van der Waals surface area contributed by atoms with Gasteiger partial charge in [-0.3, -0.25) is 0 Å². The summed E-state index contributed by atoms with van der Waals surface area (Å²) in [6.45, 7) is 3.59. The monoisotopic (exact) mass is 255 g/mol. The molecule has 5 heteroatoms. The van der Waals surface area contributed by atoms with Crippen molar-refractivity contribution in [3.05, 3.63) is 17.0 Å². The Morgan fingerprint density at radius 1 is 1.47 bits per heavy atom. The van der Waals surface area contributed by atoms with Crippen LogP contribution in [0.25, 0.3) is 0 Å². The van der Waals surface area contributed by atoms with E-state index >= 15 is 0 Å². The van der Waals surface area contributed by atoms with E-state index in [1.807, 2.05) is 6.92 Å². The van der Waals surface area contributed by atoms with E-state index in [9.17, 15) is 0 Å². The maximum Gasteiger partial charge on any atom is 0.221 e. The summed E-state index contributed by atoms with van der Waals surface area (Å²) in [4.78, 5) is 10.4. The zero-order valence-electron chi connectivity index (χ0n) is 10.3. The third kappa shape index (κ3) is 3.30. The van der Waals surface area contributed by atoms with Gasteiger partial charge >= 0.3 is 0 Å². The molecule has 17 heavy (non-hydrogen) atoms. The number of halogens is 1. The summed E-state index contributed by atoms with van der Waals surface area (Å²) in [6, 6.07) is 0.762. The fourth-order valence-corrected chi connectivity index (χ4v) is 2.04. The van der Waals surface area contributed by atoms with E-state index in [2.05, 4.69) is 21.9 Å². The molecular weight excluding hydrogens is 238 g/mol. The van der Waals surface area contributed by atoms with Crippen molar-refractivity contribution >= 4 is 11.6 Å². The van der Waals surface area contributed by atoms with Gasteiger partial charge in [0.05, 0.1) is 5.56 Å². The number of nitrogens with zero attached hydrogens (tertiary/aromatic N) is 3. The van der Waals surface area contributed by atoms with Crippen LogP contribution in [0.15, 0.2) is 6.33 Å². The van der Waals surface area contributed by atoms with E-state index in [4.69, 9.17) is 16.3 Å². The molecule has 1 aromatic rings. The Labute approximate surface area is 107 Å². The van der Waals surface area contributed by atoms with Crippen LogP contribution in [0, 0.1) is 0 Å². The van der Waals surface area contributed by atoms with Crippen molar-refractivity contribution in [2.24, 2.45) is 0 Å². The number of hydrogen-bond donors (Lipinski definition) is 0. The van der Waals surface area contributed by atoms with Gasteiger partial charge in [0, 0.05) is 12.6 Å². The summed E-state index contributed by atoms with van der Waals surface area (Å²) in [7, 11) is 2.13. The average molecular weight is 256 g/mol. The predicted molar refractivity (Wildman–Crippen MR) is 67.6 cm³/mol. The van der Waals surface area contributed by atoms with E-state index in [0.29, 0.717) is 17.6 Å². The summed E-state index contributed by atoms with van der Waals surface area (Å²) >= 11 is 5.99. The molecule has 0 atom stereocenters. The predicted octanol–water partition coefficient (Wildman–Crippen LogP) is 2.17. The second-order valence-corrected chi connectivity index (χ2v) is 4.72. The third-order valence-electron chi connectivity index (χ3n) is 3.06. The lowest BCUT2D eigenvalue weighted by molar-refractivity contribution is 0.225. The summed E-state index contributed by atoms with van der Waals surface area (Å²) in [5.74, 6) is 0.622. The van der Waals surface area contributed by atoms with Gasteiger partial charge < -0.3 is 9.64 Å². The minimum Gasteiger partial charge on any atom is -0.476 e. The Hall–Kier alpha value is -0.870. The fourth-order valence-electron chi connectivity index (χ4n) is 1.78. The fraction of sp³-hybridized carbons (Fsp3) is 0.667. The molecule has 0 aromatic carbocycles. The first-order valence-corrected chi connectivity index (χ1v) is 6.42. The highest BCUT2D eigenvalue weighted by atomic mass is 35.5. The average Bonchev–Trinajstić information content (AvgIpc) is 3.13. The molecule has 0 bridgehead atoms. The number of hydrogen-bond acceptors (Lipinski definition) is 4. The van der Waals surface area contributed by atoms with Gasteiger partial charge in [-0.05, 0) is 26.3 Å². The molecule has 2 rings (SSSR count). The van der Waals surface area contributed by atoms with Gasteiger partial charge in [0.15, 0.2) is 0 Å². The molecule has 0 spiro atoms. The zero-order chi connectivity index (χ0) is 12.3. The minimum absolute atomic E-state index is 0.494. The van der Waals surface area contributed by atoms with Crippen molar-refractivity contribution in [2.75, 3.05) is 20.2 Å². The highest BCUT2D eigenvalue weighted by molar-refractivity contribution is 6.30. The standard InChI is InChI=1S/C12H18ClN3O/c1-3-10-11(13)14-8-15-12(10)17-7-6-16(2)9-4-5-9/h8-9H,3-7H2,1-2H3. The van der Waals surface area contributed by atoms with Crippen LogP contribution < -0.4 is 4.74 Å². The van der Waals surface area contributed by atoms with Gasteiger partial charge in [-0.15, -0.1) is 0 Å². The van der Waals surface area contributed by atoms with E-state index in [1.165, 1.54) is 19.2 Å². The first-order valence-electron chi connectivity index (χ1n) is 6.04. The highest BCUT2D eigenvalue weighted by Gasteiger charge is 2.25. The van der Waals surface area contributed by atoms with E-state index < -0.39 is 0 Å². The Bertz CT molecular complexity index is 382. The van der Waals surface area contributed by atoms with Crippen LogP contribution in [0.5, 0.6) is 5.88 Å². The molecule has 4 nitrogen and oxygen atoms in total. The third-order valence-corrected chi connectivity index (χ3v) is 3.39. The van der Waals surface area contributed by atoms with Crippen LogP contribution in [0.4, 0.5) is 0 Å². The SMILES string of the molecule is CCc1c(Cl)ncnc1OCCN(C)C1CC1. The van der Waals surface area contributed by atoms with Crippen molar-refractivity contribution in [1.29, 1.82) is 0 Å². The Morgan fingerprint density at radius 3 is 2.88 bits per heavy atom. The maximum absolute atomic E-state index is 5.99. The molecule has 1 heterocycles. The summed E-state index contributed by atoms with van der Waals surface area (Å²) in [6.07, 6.45) is 4.86. The molecule has 0 unspecified atom stereocenters. The largest absolute Gasteiger partial charge is 0.476 e. The van der Waals surface area contributed by atoms with Crippen LogP contribution >= 0.6 is 11.6 Å². The van der Waals surface area contributed by atoms with Gasteiger partial charge in [0.25, 0.3) is 0 Å². The normalized spacial score (nSPS) is 15.3. The zero-order valence-corrected chi connectivity index (χ0v) is 11.1. The van der Waals surface area contributed by atoms with Gasteiger partial charge in [0.1, 0.15) is 18.1 Å². The summed E-state index contributed by atoms with van der Waals surface area (Å²) in [5.41, 5.74) is 0.892. The molecule has 0 saturated heterocycles. The Morgan fingerprint density at radius 2 is 2.24 bits per heavy atom. The second-order valence-electron chi connectivity index (χ2n) is 4.36. The molecule has 94 valence electrons. The molecule has 1 aliphatic carbocycles. The van der Waals surface area contributed by atoms with Crippen molar-refractivity contribution < 1.29 is 4.74 Å². The molecule has 0 radical (unpaired) electrons. The Balaban J connectivity index is 1.87. The maximum atomic E-state index is 5.99. The lowest BCUT2D eigenvalue weighted by Gasteiger charge is -2.16. The van der Waals surface area contributed by atoms with Gasteiger partial charge in [0.2, 0.25) is 5.88 Å². The molecule has 0 aliphatic heterocycles. The highest BCUT2D eigenvalue weighted by Crippen LogP contribution is 2.25. The quantitative estimate of drug-likeness (QED) is 0.731. The van der Waals surface area contributed by atoms with Crippen LogP contribution in [-0.2, 0) is 6.42 Å². The summed E-state index contributed by atoms with van der Waals surface area (Å²) < 4.78 is 5.68. The van der Waals surface area contributed by atoms with E-state index in [1.54, 1.807) is 0 Å². The number of ether oxygens (including phenoxy) is 1.